The highest BCUT2D eigenvalue weighted by molar-refractivity contribution is 9.10. The molecule has 0 spiro atoms. The van der Waals surface area contributed by atoms with Gasteiger partial charge in [0.05, 0.1) is 0 Å². The Kier molecular flexibility index (Phi) is 3.95. The van der Waals surface area contributed by atoms with E-state index in [1.165, 1.54) is 12.8 Å². The molecule has 0 aliphatic heterocycles. The molecule has 4 heteroatoms. The summed E-state index contributed by atoms with van der Waals surface area (Å²) in [6.07, 6.45) is 4.52. The smallest absolute Gasteiger partial charge is 0.243 e. The molecule has 0 aromatic heterocycles. The zero-order valence-corrected chi connectivity index (χ0v) is 12.2. The van der Waals surface area contributed by atoms with Gasteiger partial charge in [-0.15, -0.1) is 0 Å². The SMILES string of the molecule is CC(Nc1cccc(Br)c1)(C(N)=O)C1CCCC1. The van der Waals surface area contributed by atoms with Crippen molar-refractivity contribution >= 4 is 27.5 Å². The van der Waals surface area contributed by atoms with Gasteiger partial charge in [0.25, 0.3) is 0 Å². The lowest BCUT2D eigenvalue weighted by Crippen LogP contribution is -2.52. The third-order valence-electron chi connectivity index (χ3n) is 3.91. The number of nitrogens with two attached hydrogens (primary N) is 1. The molecule has 1 atom stereocenters. The van der Waals surface area contributed by atoms with Crippen molar-refractivity contribution in [3.8, 4) is 0 Å². The largest absolute Gasteiger partial charge is 0.371 e. The summed E-state index contributed by atoms with van der Waals surface area (Å²) >= 11 is 3.43. The Morgan fingerprint density at radius 1 is 1.44 bits per heavy atom. The Bertz CT molecular complexity index is 443. The number of primary amides is 1. The van der Waals surface area contributed by atoms with E-state index in [0.29, 0.717) is 5.92 Å². The van der Waals surface area contributed by atoms with Crippen LogP contribution in [0.3, 0.4) is 0 Å². The zero-order valence-electron chi connectivity index (χ0n) is 10.6. The van der Waals surface area contributed by atoms with Gasteiger partial charge in [0.2, 0.25) is 5.91 Å². The Morgan fingerprint density at radius 2 is 2.11 bits per heavy atom. The van der Waals surface area contributed by atoms with Gasteiger partial charge in [0.15, 0.2) is 0 Å². The molecule has 1 amide bonds. The summed E-state index contributed by atoms with van der Waals surface area (Å²) < 4.78 is 0.991. The molecule has 0 radical (unpaired) electrons. The second kappa shape index (κ2) is 5.31. The number of hydrogen-bond acceptors (Lipinski definition) is 2. The molecular formula is C14H19BrN2O. The van der Waals surface area contributed by atoms with Crippen molar-refractivity contribution in [2.24, 2.45) is 11.7 Å². The van der Waals surface area contributed by atoms with E-state index in [-0.39, 0.29) is 5.91 Å². The Hall–Kier alpha value is -1.03. The van der Waals surface area contributed by atoms with E-state index in [2.05, 4.69) is 21.2 Å². The topological polar surface area (TPSA) is 55.1 Å². The van der Waals surface area contributed by atoms with Crippen LogP contribution in [0.1, 0.15) is 32.6 Å². The van der Waals surface area contributed by atoms with E-state index >= 15 is 0 Å². The Morgan fingerprint density at radius 3 is 2.67 bits per heavy atom. The van der Waals surface area contributed by atoms with Crippen molar-refractivity contribution in [3.63, 3.8) is 0 Å². The first kappa shape index (κ1) is 13.4. The van der Waals surface area contributed by atoms with Crippen molar-refractivity contribution in [2.75, 3.05) is 5.32 Å². The van der Waals surface area contributed by atoms with Crippen molar-refractivity contribution in [2.45, 2.75) is 38.1 Å². The minimum Gasteiger partial charge on any atom is -0.371 e. The maximum Gasteiger partial charge on any atom is 0.243 e. The van der Waals surface area contributed by atoms with E-state index in [0.717, 1.165) is 23.0 Å². The normalized spacial score (nSPS) is 19.4. The minimum atomic E-state index is -0.655. The lowest BCUT2D eigenvalue weighted by Gasteiger charge is -2.34. The zero-order chi connectivity index (χ0) is 13.2. The number of halogens is 1. The molecule has 1 aliphatic rings. The predicted octanol–water partition coefficient (Wildman–Crippen LogP) is 3.30. The van der Waals surface area contributed by atoms with Crippen molar-refractivity contribution in [1.82, 2.24) is 0 Å². The summed E-state index contributed by atoms with van der Waals surface area (Å²) in [7, 11) is 0. The van der Waals surface area contributed by atoms with E-state index < -0.39 is 5.54 Å². The van der Waals surface area contributed by atoms with Gasteiger partial charge in [-0.05, 0) is 43.9 Å². The van der Waals surface area contributed by atoms with Gasteiger partial charge in [0.1, 0.15) is 5.54 Å². The number of hydrogen-bond donors (Lipinski definition) is 2. The molecule has 0 heterocycles. The number of amides is 1. The number of carbonyl (C=O) groups is 1. The lowest BCUT2D eigenvalue weighted by molar-refractivity contribution is -0.123. The number of benzene rings is 1. The molecule has 3 N–H and O–H groups in total. The molecule has 1 saturated carbocycles. The first-order valence-electron chi connectivity index (χ1n) is 6.36. The number of nitrogens with one attached hydrogen (secondary N) is 1. The molecule has 0 saturated heterocycles. The molecule has 0 bridgehead atoms. The highest BCUT2D eigenvalue weighted by Crippen LogP contribution is 2.36. The maximum atomic E-state index is 11.8. The molecule has 1 aromatic carbocycles. The van der Waals surface area contributed by atoms with Crippen LogP contribution in [0.25, 0.3) is 0 Å². The van der Waals surface area contributed by atoms with Crippen molar-refractivity contribution in [3.05, 3.63) is 28.7 Å². The van der Waals surface area contributed by atoms with Gasteiger partial charge >= 0.3 is 0 Å². The van der Waals surface area contributed by atoms with Crippen LogP contribution in [-0.4, -0.2) is 11.4 Å². The average molecular weight is 311 g/mol. The van der Waals surface area contributed by atoms with Gasteiger partial charge < -0.3 is 11.1 Å². The number of carbonyl (C=O) groups excluding carboxylic acids is 1. The first-order valence-corrected chi connectivity index (χ1v) is 7.15. The fraction of sp³-hybridized carbons (Fsp3) is 0.500. The second-order valence-corrected chi connectivity index (χ2v) is 6.10. The molecule has 98 valence electrons. The maximum absolute atomic E-state index is 11.8. The molecule has 18 heavy (non-hydrogen) atoms. The van der Waals surface area contributed by atoms with Crippen LogP contribution in [0.15, 0.2) is 28.7 Å². The van der Waals surface area contributed by atoms with E-state index in [4.69, 9.17) is 5.73 Å². The van der Waals surface area contributed by atoms with Crippen LogP contribution in [0, 0.1) is 5.92 Å². The fourth-order valence-electron chi connectivity index (χ4n) is 2.73. The van der Waals surface area contributed by atoms with E-state index in [1.807, 2.05) is 31.2 Å². The fourth-order valence-corrected chi connectivity index (χ4v) is 3.13. The van der Waals surface area contributed by atoms with Crippen LogP contribution >= 0.6 is 15.9 Å². The van der Waals surface area contributed by atoms with E-state index in [1.54, 1.807) is 0 Å². The van der Waals surface area contributed by atoms with Crippen LogP contribution in [0.2, 0.25) is 0 Å². The first-order chi connectivity index (χ1) is 8.52. The Balaban J connectivity index is 2.22. The molecule has 3 nitrogen and oxygen atoms in total. The van der Waals surface area contributed by atoms with Gasteiger partial charge in [0, 0.05) is 10.2 Å². The summed E-state index contributed by atoms with van der Waals surface area (Å²) in [5.41, 5.74) is 5.90. The lowest BCUT2D eigenvalue weighted by atomic mass is 9.83. The number of anilines is 1. The van der Waals surface area contributed by atoms with Crippen molar-refractivity contribution < 1.29 is 4.79 Å². The molecule has 1 aromatic rings. The minimum absolute atomic E-state index is 0.269. The van der Waals surface area contributed by atoms with Gasteiger partial charge in [-0.2, -0.15) is 0 Å². The predicted molar refractivity (Wildman–Crippen MR) is 77.3 cm³/mol. The van der Waals surface area contributed by atoms with Gasteiger partial charge in [-0.3, -0.25) is 4.79 Å². The van der Waals surface area contributed by atoms with Gasteiger partial charge in [-0.25, -0.2) is 0 Å². The second-order valence-electron chi connectivity index (χ2n) is 5.18. The van der Waals surface area contributed by atoms with Gasteiger partial charge in [-0.1, -0.05) is 34.8 Å². The highest BCUT2D eigenvalue weighted by atomic mass is 79.9. The van der Waals surface area contributed by atoms with Crippen LogP contribution in [-0.2, 0) is 4.79 Å². The Labute approximate surface area is 116 Å². The standard InChI is InChI=1S/C14H19BrN2O/c1-14(13(16)18,10-5-2-3-6-10)17-12-8-4-7-11(15)9-12/h4,7-10,17H,2-3,5-6H2,1H3,(H2,16,18). The summed E-state index contributed by atoms with van der Waals surface area (Å²) in [4.78, 5) is 11.8. The summed E-state index contributed by atoms with van der Waals surface area (Å²) in [6.45, 7) is 1.92. The molecule has 2 rings (SSSR count). The summed E-state index contributed by atoms with van der Waals surface area (Å²) in [5.74, 6) is 0.0587. The third kappa shape index (κ3) is 2.69. The molecule has 1 unspecified atom stereocenters. The quantitative estimate of drug-likeness (QED) is 0.896. The third-order valence-corrected chi connectivity index (χ3v) is 4.41. The van der Waals surface area contributed by atoms with Crippen LogP contribution < -0.4 is 11.1 Å². The monoisotopic (exact) mass is 310 g/mol. The highest BCUT2D eigenvalue weighted by Gasteiger charge is 2.41. The molecule has 1 fully saturated rings. The van der Waals surface area contributed by atoms with Crippen LogP contribution in [0.4, 0.5) is 5.69 Å². The molecule has 1 aliphatic carbocycles. The average Bonchev–Trinajstić information content (AvgIpc) is 2.82. The summed E-state index contributed by atoms with van der Waals surface area (Å²) in [5, 5.41) is 3.33. The van der Waals surface area contributed by atoms with Crippen molar-refractivity contribution in [1.29, 1.82) is 0 Å². The molecular weight excluding hydrogens is 292 g/mol. The number of rotatable bonds is 4. The van der Waals surface area contributed by atoms with E-state index in [9.17, 15) is 4.79 Å². The summed E-state index contributed by atoms with van der Waals surface area (Å²) in [6, 6.07) is 7.84. The van der Waals surface area contributed by atoms with Crippen LogP contribution in [0.5, 0.6) is 0 Å².